The number of rotatable bonds is 2. The SMILES string of the molecule is O=C(N[C@@H]1CCc2ccccc21)c1n[nH]c2c1CCCC2. The molecule has 4 rings (SSSR count). The van der Waals surface area contributed by atoms with Gasteiger partial charge in [-0.3, -0.25) is 9.89 Å². The first kappa shape index (κ1) is 12.6. The van der Waals surface area contributed by atoms with Crippen LogP contribution in [0.1, 0.15) is 58.2 Å². The lowest BCUT2D eigenvalue weighted by molar-refractivity contribution is 0.0930. The quantitative estimate of drug-likeness (QED) is 0.889. The summed E-state index contributed by atoms with van der Waals surface area (Å²) < 4.78 is 0. The van der Waals surface area contributed by atoms with Gasteiger partial charge in [0.2, 0.25) is 0 Å². The molecule has 0 fully saturated rings. The smallest absolute Gasteiger partial charge is 0.272 e. The van der Waals surface area contributed by atoms with E-state index in [0.29, 0.717) is 5.69 Å². The van der Waals surface area contributed by atoms with Crippen LogP contribution in [0.15, 0.2) is 24.3 Å². The van der Waals surface area contributed by atoms with Crippen LogP contribution < -0.4 is 5.32 Å². The molecule has 0 saturated heterocycles. The molecule has 0 bridgehead atoms. The van der Waals surface area contributed by atoms with E-state index in [-0.39, 0.29) is 11.9 Å². The molecule has 0 radical (unpaired) electrons. The van der Waals surface area contributed by atoms with Crippen LogP contribution >= 0.6 is 0 Å². The van der Waals surface area contributed by atoms with Crippen molar-refractivity contribution in [3.05, 3.63) is 52.3 Å². The first-order valence-electron chi connectivity index (χ1n) is 7.77. The van der Waals surface area contributed by atoms with Crippen molar-refractivity contribution in [2.24, 2.45) is 0 Å². The monoisotopic (exact) mass is 281 g/mol. The number of aryl methyl sites for hydroxylation is 2. The van der Waals surface area contributed by atoms with Gasteiger partial charge in [-0.15, -0.1) is 0 Å². The fourth-order valence-corrected chi connectivity index (χ4v) is 3.60. The third-order valence-corrected chi connectivity index (χ3v) is 4.71. The number of fused-ring (bicyclic) bond motifs is 2. The third-order valence-electron chi connectivity index (χ3n) is 4.71. The zero-order valence-corrected chi connectivity index (χ0v) is 12.0. The molecule has 1 heterocycles. The van der Waals surface area contributed by atoms with Crippen molar-refractivity contribution in [2.75, 3.05) is 0 Å². The number of nitrogens with zero attached hydrogens (tertiary/aromatic N) is 1. The van der Waals surface area contributed by atoms with Gasteiger partial charge in [-0.1, -0.05) is 24.3 Å². The minimum absolute atomic E-state index is 0.0314. The lowest BCUT2D eigenvalue weighted by Crippen LogP contribution is -2.28. The van der Waals surface area contributed by atoms with Crippen LogP contribution in [0.4, 0.5) is 0 Å². The molecule has 0 saturated carbocycles. The molecular weight excluding hydrogens is 262 g/mol. The Bertz CT molecular complexity index is 689. The molecule has 1 atom stereocenters. The molecule has 0 unspecified atom stereocenters. The normalized spacial score (nSPS) is 19.9. The maximum atomic E-state index is 12.5. The predicted octanol–water partition coefficient (Wildman–Crippen LogP) is 2.71. The lowest BCUT2D eigenvalue weighted by Gasteiger charge is -2.15. The Morgan fingerprint density at radius 2 is 2.05 bits per heavy atom. The molecule has 4 nitrogen and oxygen atoms in total. The highest BCUT2D eigenvalue weighted by molar-refractivity contribution is 5.94. The van der Waals surface area contributed by atoms with E-state index in [4.69, 9.17) is 0 Å². The van der Waals surface area contributed by atoms with Gasteiger partial charge in [0, 0.05) is 11.3 Å². The van der Waals surface area contributed by atoms with Crippen molar-refractivity contribution >= 4 is 5.91 Å². The molecule has 2 aliphatic rings. The third kappa shape index (κ3) is 2.15. The summed E-state index contributed by atoms with van der Waals surface area (Å²) in [6, 6.07) is 8.50. The zero-order valence-electron chi connectivity index (χ0n) is 12.0. The van der Waals surface area contributed by atoms with Gasteiger partial charge in [-0.25, -0.2) is 0 Å². The van der Waals surface area contributed by atoms with Gasteiger partial charge in [0.05, 0.1) is 6.04 Å². The molecule has 21 heavy (non-hydrogen) atoms. The van der Waals surface area contributed by atoms with Crippen LogP contribution in [0.5, 0.6) is 0 Å². The molecular formula is C17H19N3O. The average molecular weight is 281 g/mol. The van der Waals surface area contributed by atoms with Crippen molar-refractivity contribution in [2.45, 2.75) is 44.6 Å². The number of carbonyl (C=O) groups is 1. The molecule has 1 aromatic carbocycles. The van der Waals surface area contributed by atoms with Crippen LogP contribution in [0.3, 0.4) is 0 Å². The van der Waals surface area contributed by atoms with E-state index >= 15 is 0 Å². The highest BCUT2D eigenvalue weighted by Crippen LogP contribution is 2.31. The summed E-state index contributed by atoms with van der Waals surface area (Å²) in [7, 11) is 0. The van der Waals surface area contributed by atoms with E-state index in [1.54, 1.807) is 0 Å². The minimum atomic E-state index is -0.0314. The van der Waals surface area contributed by atoms with Crippen molar-refractivity contribution in [1.82, 2.24) is 15.5 Å². The molecule has 2 aromatic rings. The molecule has 2 aliphatic carbocycles. The number of H-pyrrole nitrogens is 1. The Kier molecular flexibility index (Phi) is 3.02. The van der Waals surface area contributed by atoms with Crippen LogP contribution in [0.2, 0.25) is 0 Å². The van der Waals surface area contributed by atoms with Crippen LogP contribution in [0, 0.1) is 0 Å². The van der Waals surface area contributed by atoms with E-state index in [1.807, 2.05) is 6.07 Å². The van der Waals surface area contributed by atoms with Crippen LogP contribution in [-0.4, -0.2) is 16.1 Å². The Balaban J connectivity index is 1.56. The van der Waals surface area contributed by atoms with Gasteiger partial charge >= 0.3 is 0 Å². The second-order valence-corrected chi connectivity index (χ2v) is 6.00. The first-order valence-corrected chi connectivity index (χ1v) is 7.77. The number of hydrogen-bond donors (Lipinski definition) is 2. The van der Waals surface area contributed by atoms with E-state index in [0.717, 1.165) is 43.4 Å². The summed E-state index contributed by atoms with van der Waals surface area (Å²) in [5.41, 5.74) is 5.50. The van der Waals surface area contributed by atoms with Gasteiger partial charge in [0.1, 0.15) is 0 Å². The molecule has 0 spiro atoms. The van der Waals surface area contributed by atoms with Crippen molar-refractivity contribution in [3.8, 4) is 0 Å². The summed E-state index contributed by atoms with van der Waals surface area (Å²) in [4.78, 5) is 12.5. The highest BCUT2D eigenvalue weighted by atomic mass is 16.2. The zero-order chi connectivity index (χ0) is 14.2. The van der Waals surface area contributed by atoms with Gasteiger partial charge in [-0.05, 0) is 49.7 Å². The van der Waals surface area contributed by atoms with Gasteiger partial charge in [0.15, 0.2) is 5.69 Å². The van der Waals surface area contributed by atoms with Crippen molar-refractivity contribution < 1.29 is 4.79 Å². The molecule has 0 aliphatic heterocycles. The highest BCUT2D eigenvalue weighted by Gasteiger charge is 2.27. The largest absolute Gasteiger partial charge is 0.344 e. The number of hydrogen-bond acceptors (Lipinski definition) is 2. The van der Waals surface area contributed by atoms with Crippen molar-refractivity contribution in [3.63, 3.8) is 0 Å². The van der Waals surface area contributed by atoms with E-state index in [1.165, 1.54) is 17.5 Å². The molecule has 2 N–H and O–H groups in total. The number of benzene rings is 1. The molecule has 4 heteroatoms. The molecule has 108 valence electrons. The minimum Gasteiger partial charge on any atom is -0.344 e. The number of amides is 1. The molecule has 1 amide bonds. The van der Waals surface area contributed by atoms with Gasteiger partial charge in [0.25, 0.3) is 5.91 Å². The van der Waals surface area contributed by atoms with Gasteiger partial charge < -0.3 is 5.32 Å². The standard InChI is InChI=1S/C17H19N3O/c21-17(16-13-7-3-4-8-15(13)19-20-16)18-14-10-9-11-5-1-2-6-12(11)14/h1-2,5-6,14H,3-4,7-10H2,(H,18,21)(H,19,20)/t14-/m1/s1. The Morgan fingerprint density at radius 3 is 3.00 bits per heavy atom. The number of aromatic amines is 1. The van der Waals surface area contributed by atoms with E-state index in [9.17, 15) is 4.79 Å². The summed E-state index contributed by atoms with van der Waals surface area (Å²) in [5.74, 6) is -0.0314. The maximum absolute atomic E-state index is 12.5. The second kappa shape index (κ2) is 5.02. The predicted molar refractivity (Wildman–Crippen MR) is 80.2 cm³/mol. The first-order chi connectivity index (χ1) is 10.3. The topological polar surface area (TPSA) is 57.8 Å². The number of aromatic nitrogens is 2. The maximum Gasteiger partial charge on any atom is 0.272 e. The summed E-state index contributed by atoms with van der Waals surface area (Å²) in [6.45, 7) is 0. The van der Waals surface area contributed by atoms with Gasteiger partial charge in [-0.2, -0.15) is 5.10 Å². The number of nitrogens with one attached hydrogen (secondary N) is 2. The van der Waals surface area contributed by atoms with E-state index in [2.05, 4.69) is 33.7 Å². The van der Waals surface area contributed by atoms with Crippen LogP contribution in [-0.2, 0) is 19.3 Å². The van der Waals surface area contributed by atoms with E-state index < -0.39 is 0 Å². The molecule has 1 aromatic heterocycles. The Labute approximate surface area is 124 Å². The number of carbonyl (C=O) groups excluding carboxylic acids is 1. The Morgan fingerprint density at radius 1 is 1.19 bits per heavy atom. The fraction of sp³-hybridized carbons (Fsp3) is 0.412. The fourth-order valence-electron chi connectivity index (χ4n) is 3.60. The summed E-state index contributed by atoms with van der Waals surface area (Å²) >= 11 is 0. The second-order valence-electron chi connectivity index (χ2n) is 6.00. The van der Waals surface area contributed by atoms with Crippen LogP contribution in [0.25, 0.3) is 0 Å². The summed E-state index contributed by atoms with van der Waals surface area (Å²) in [6.07, 6.45) is 6.35. The average Bonchev–Trinajstić information content (AvgIpc) is 3.12. The lowest BCUT2D eigenvalue weighted by atomic mass is 9.95. The van der Waals surface area contributed by atoms with Crippen molar-refractivity contribution in [1.29, 1.82) is 0 Å². The summed E-state index contributed by atoms with van der Waals surface area (Å²) in [5, 5.41) is 10.5. The Hall–Kier alpha value is -2.10.